The summed E-state index contributed by atoms with van der Waals surface area (Å²) in [6.45, 7) is 1.91. The van der Waals surface area contributed by atoms with Crippen LogP contribution < -0.4 is 9.04 Å². The Morgan fingerprint density at radius 3 is 2.22 bits per heavy atom. The lowest BCUT2D eigenvalue weighted by atomic mass is 10.1. The highest BCUT2D eigenvalue weighted by Gasteiger charge is 2.41. The summed E-state index contributed by atoms with van der Waals surface area (Å²) in [6.07, 6.45) is -3.37. The minimum Gasteiger partial charge on any atom is -0.487 e. The Morgan fingerprint density at radius 1 is 1.09 bits per heavy atom. The molecule has 0 atom stereocenters. The highest BCUT2D eigenvalue weighted by atomic mass is 32.2. The Balaban J connectivity index is 2.32. The van der Waals surface area contributed by atoms with Crippen LogP contribution in [0.25, 0.3) is 0 Å². The van der Waals surface area contributed by atoms with E-state index in [2.05, 4.69) is 0 Å². The van der Waals surface area contributed by atoms with Crippen LogP contribution in [-0.4, -0.2) is 47.0 Å². The molecule has 0 aliphatic rings. The Bertz CT molecular complexity index is 1040. The zero-order valence-electron chi connectivity index (χ0n) is 17.6. The third kappa shape index (κ3) is 5.50. The van der Waals surface area contributed by atoms with Crippen LogP contribution >= 0.6 is 0 Å². The van der Waals surface area contributed by atoms with E-state index >= 15 is 0 Å². The average molecular weight is 477 g/mol. The number of carbonyl (C=O) groups is 1. The molecule has 2 aromatic rings. The van der Waals surface area contributed by atoms with E-state index in [0.29, 0.717) is 12.0 Å². The van der Waals surface area contributed by atoms with Crippen LogP contribution in [0.4, 0.5) is 23.2 Å². The standard InChI is InChI=1S/C21H23F4NO5S/c1-4-14-6-11-17(12-18(14)19(27)30-3)32(28,29)26(5-2)15-7-9-16(10-8-15)31-13-21(24,25)20(22)23/h6-12,20H,4-5,13H2,1-3H3. The molecule has 0 spiro atoms. The number of nitrogens with zero attached hydrogens (tertiary/aromatic N) is 1. The van der Waals surface area contributed by atoms with E-state index in [4.69, 9.17) is 9.47 Å². The lowest BCUT2D eigenvalue weighted by molar-refractivity contribution is -0.148. The number of hydrogen-bond acceptors (Lipinski definition) is 5. The van der Waals surface area contributed by atoms with Gasteiger partial charge in [-0.1, -0.05) is 13.0 Å². The van der Waals surface area contributed by atoms with Gasteiger partial charge in [0.05, 0.1) is 23.3 Å². The summed E-state index contributed by atoms with van der Waals surface area (Å²) in [7, 11) is -2.89. The highest BCUT2D eigenvalue weighted by Crippen LogP contribution is 2.29. The predicted molar refractivity (Wildman–Crippen MR) is 110 cm³/mol. The molecule has 0 amide bonds. The summed E-state index contributed by atoms with van der Waals surface area (Å²) >= 11 is 0. The normalized spacial score (nSPS) is 12.0. The first-order valence-electron chi connectivity index (χ1n) is 9.60. The molecule has 176 valence electrons. The third-order valence-electron chi connectivity index (χ3n) is 4.62. The van der Waals surface area contributed by atoms with Crippen molar-refractivity contribution in [2.45, 2.75) is 37.5 Å². The molecule has 2 rings (SSSR count). The zero-order chi connectivity index (χ0) is 24.1. The van der Waals surface area contributed by atoms with Gasteiger partial charge in [-0.2, -0.15) is 8.78 Å². The van der Waals surface area contributed by atoms with Crippen LogP contribution in [0.5, 0.6) is 5.75 Å². The van der Waals surface area contributed by atoms with E-state index in [1.165, 1.54) is 49.6 Å². The van der Waals surface area contributed by atoms with Crippen molar-refractivity contribution in [2.75, 3.05) is 24.6 Å². The van der Waals surface area contributed by atoms with E-state index in [-0.39, 0.29) is 28.4 Å². The van der Waals surface area contributed by atoms with Gasteiger partial charge in [0.25, 0.3) is 10.0 Å². The molecule has 0 aliphatic carbocycles. The number of benzene rings is 2. The molecule has 0 N–H and O–H groups in total. The number of sulfonamides is 1. The molecular formula is C21H23F4NO5S. The van der Waals surface area contributed by atoms with Gasteiger partial charge in [0.2, 0.25) is 0 Å². The lowest BCUT2D eigenvalue weighted by Crippen LogP contribution is -2.33. The maximum atomic E-state index is 13.2. The van der Waals surface area contributed by atoms with Crippen LogP contribution in [0.1, 0.15) is 29.8 Å². The number of halogens is 4. The van der Waals surface area contributed by atoms with E-state index in [1.807, 2.05) is 6.92 Å². The van der Waals surface area contributed by atoms with Gasteiger partial charge in [-0.3, -0.25) is 4.31 Å². The fraction of sp³-hybridized carbons (Fsp3) is 0.381. The number of ether oxygens (including phenoxy) is 2. The number of methoxy groups -OCH3 is 1. The Morgan fingerprint density at radius 2 is 1.72 bits per heavy atom. The van der Waals surface area contributed by atoms with Crippen molar-refractivity contribution in [3.63, 3.8) is 0 Å². The first kappa shape index (κ1) is 25.4. The molecule has 32 heavy (non-hydrogen) atoms. The van der Waals surface area contributed by atoms with Crippen LogP contribution in [-0.2, 0) is 21.2 Å². The Kier molecular flexibility index (Phi) is 8.11. The number of rotatable bonds is 10. The van der Waals surface area contributed by atoms with Crippen molar-refractivity contribution in [1.29, 1.82) is 0 Å². The second-order valence-electron chi connectivity index (χ2n) is 6.68. The number of anilines is 1. The number of alkyl halides is 4. The van der Waals surface area contributed by atoms with Gasteiger partial charge in [-0.25, -0.2) is 22.0 Å². The maximum absolute atomic E-state index is 13.2. The van der Waals surface area contributed by atoms with E-state index in [9.17, 15) is 30.8 Å². The smallest absolute Gasteiger partial charge is 0.340 e. The van der Waals surface area contributed by atoms with Gasteiger partial charge >= 0.3 is 18.3 Å². The molecule has 0 unspecified atom stereocenters. The fourth-order valence-electron chi connectivity index (χ4n) is 2.89. The summed E-state index contributed by atoms with van der Waals surface area (Å²) in [4.78, 5) is 11.9. The SMILES string of the molecule is CCc1ccc(S(=O)(=O)N(CC)c2ccc(OCC(F)(F)C(F)F)cc2)cc1C(=O)OC. The van der Waals surface area contributed by atoms with Crippen molar-refractivity contribution >= 4 is 21.7 Å². The van der Waals surface area contributed by atoms with Crippen LogP contribution in [0.15, 0.2) is 47.4 Å². The topological polar surface area (TPSA) is 72.9 Å². The molecular weight excluding hydrogens is 454 g/mol. The minimum atomic E-state index is -4.31. The Labute approximate surface area is 183 Å². The van der Waals surface area contributed by atoms with Gasteiger partial charge in [0.15, 0.2) is 6.61 Å². The van der Waals surface area contributed by atoms with Gasteiger partial charge < -0.3 is 9.47 Å². The summed E-state index contributed by atoms with van der Waals surface area (Å²) in [5.74, 6) is -5.09. The molecule has 0 saturated carbocycles. The average Bonchev–Trinajstić information content (AvgIpc) is 2.77. The lowest BCUT2D eigenvalue weighted by Gasteiger charge is -2.24. The highest BCUT2D eigenvalue weighted by molar-refractivity contribution is 7.92. The van der Waals surface area contributed by atoms with Crippen molar-refractivity contribution in [1.82, 2.24) is 0 Å². The second-order valence-corrected chi connectivity index (χ2v) is 8.54. The molecule has 0 aliphatic heterocycles. The molecule has 0 bridgehead atoms. The summed E-state index contributed by atoms with van der Waals surface area (Å²) < 4.78 is 87.4. The van der Waals surface area contributed by atoms with E-state index in [0.717, 1.165) is 4.31 Å². The summed E-state index contributed by atoms with van der Waals surface area (Å²) in [6, 6.07) is 9.17. The number of hydrogen-bond donors (Lipinski definition) is 0. The quantitative estimate of drug-likeness (QED) is 0.371. The molecule has 0 fully saturated rings. The first-order chi connectivity index (χ1) is 15.0. The monoisotopic (exact) mass is 477 g/mol. The largest absolute Gasteiger partial charge is 0.487 e. The summed E-state index contributed by atoms with van der Waals surface area (Å²) in [5.41, 5.74) is 0.955. The minimum absolute atomic E-state index is 0.0229. The predicted octanol–water partition coefficient (Wildman–Crippen LogP) is 4.53. The number of aryl methyl sites for hydroxylation is 1. The van der Waals surface area contributed by atoms with E-state index in [1.54, 1.807) is 6.92 Å². The Hall–Kier alpha value is -2.82. The van der Waals surface area contributed by atoms with Crippen molar-refractivity contribution < 1.29 is 40.2 Å². The van der Waals surface area contributed by atoms with Gasteiger partial charge in [-0.05, 0) is 55.3 Å². The van der Waals surface area contributed by atoms with Gasteiger partial charge in [0.1, 0.15) is 5.75 Å². The molecule has 0 aromatic heterocycles. The van der Waals surface area contributed by atoms with Crippen LogP contribution in [0, 0.1) is 0 Å². The molecule has 11 heteroatoms. The summed E-state index contributed by atoms with van der Waals surface area (Å²) in [5, 5.41) is 0. The molecule has 0 saturated heterocycles. The van der Waals surface area contributed by atoms with Gasteiger partial charge in [0, 0.05) is 6.54 Å². The maximum Gasteiger partial charge on any atom is 0.340 e. The van der Waals surface area contributed by atoms with E-state index < -0.39 is 34.9 Å². The van der Waals surface area contributed by atoms with Crippen molar-refractivity contribution in [3.05, 3.63) is 53.6 Å². The zero-order valence-corrected chi connectivity index (χ0v) is 18.5. The van der Waals surface area contributed by atoms with Crippen molar-refractivity contribution in [3.8, 4) is 5.75 Å². The number of carbonyl (C=O) groups excluding carboxylic acids is 1. The molecule has 0 heterocycles. The molecule has 6 nitrogen and oxygen atoms in total. The van der Waals surface area contributed by atoms with Crippen LogP contribution in [0.3, 0.4) is 0 Å². The molecule has 2 aromatic carbocycles. The second kappa shape index (κ2) is 10.2. The van der Waals surface area contributed by atoms with Crippen molar-refractivity contribution in [2.24, 2.45) is 0 Å². The van der Waals surface area contributed by atoms with Gasteiger partial charge in [-0.15, -0.1) is 0 Å². The van der Waals surface area contributed by atoms with Crippen LogP contribution in [0.2, 0.25) is 0 Å². The molecule has 0 radical (unpaired) electrons. The first-order valence-corrected chi connectivity index (χ1v) is 11.0. The fourth-order valence-corrected chi connectivity index (χ4v) is 4.39. The third-order valence-corrected chi connectivity index (χ3v) is 6.52. The number of esters is 1.